The van der Waals surface area contributed by atoms with Crippen molar-refractivity contribution in [2.45, 2.75) is 6.54 Å². The molecule has 0 aliphatic rings. The maximum Gasteiger partial charge on any atom is 0.335 e. The Morgan fingerprint density at radius 2 is 2.00 bits per heavy atom. The molecule has 0 saturated carbocycles. The lowest BCUT2D eigenvalue weighted by atomic mass is 10.1. The summed E-state index contributed by atoms with van der Waals surface area (Å²) in [5.41, 5.74) is 2.18. The highest BCUT2D eigenvalue weighted by molar-refractivity contribution is 9.10. The Labute approximate surface area is 134 Å². The topological polar surface area (TPSA) is 42.2 Å². The van der Waals surface area contributed by atoms with Crippen LogP contribution in [0.2, 0.25) is 5.02 Å². The van der Waals surface area contributed by atoms with Crippen molar-refractivity contribution in [2.24, 2.45) is 0 Å². The quantitative estimate of drug-likeness (QED) is 0.725. The minimum Gasteiger partial charge on any atom is -0.478 e. The first-order chi connectivity index (χ1) is 10.1. The van der Waals surface area contributed by atoms with Gasteiger partial charge in [-0.3, -0.25) is 0 Å². The Morgan fingerprint density at radius 3 is 2.71 bits per heavy atom. The van der Waals surface area contributed by atoms with Gasteiger partial charge in [-0.15, -0.1) is 0 Å². The molecule has 0 spiro atoms. The maximum absolute atomic E-state index is 10.9. The molecule has 5 heteroatoms. The van der Waals surface area contributed by atoms with Crippen molar-refractivity contribution >= 4 is 44.4 Å². The van der Waals surface area contributed by atoms with Crippen LogP contribution in [0.3, 0.4) is 0 Å². The van der Waals surface area contributed by atoms with Crippen molar-refractivity contribution in [1.29, 1.82) is 0 Å². The molecule has 0 saturated heterocycles. The Morgan fingerprint density at radius 1 is 1.24 bits per heavy atom. The van der Waals surface area contributed by atoms with E-state index in [0.717, 1.165) is 20.9 Å². The van der Waals surface area contributed by atoms with E-state index in [1.165, 1.54) is 6.07 Å². The number of nitrogens with zero attached hydrogens (tertiary/aromatic N) is 1. The molecule has 3 aromatic rings. The summed E-state index contributed by atoms with van der Waals surface area (Å²) < 4.78 is 3.11. The van der Waals surface area contributed by atoms with Gasteiger partial charge in [-0.2, -0.15) is 0 Å². The van der Waals surface area contributed by atoms with Crippen LogP contribution >= 0.6 is 27.5 Å². The third-order valence-corrected chi connectivity index (χ3v) is 4.36. The second kappa shape index (κ2) is 5.54. The summed E-state index contributed by atoms with van der Waals surface area (Å²) in [7, 11) is 0. The third-order valence-electron chi connectivity index (χ3n) is 3.38. The minimum absolute atomic E-state index is 0.197. The van der Waals surface area contributed by atoms with E-state index >= 15 is 0 Å². The van der Waals surface area contributed by atoms with E-state index in [1.54, 1.807) is 12.1 Å². The van der Waals surface area contributed by atoms with Gasteiger partial charge in [-0.1, -0.05) is 35.9 Å². The standard InChI is InChI=1S/C16H11BrClNO2/c17-13-9-19(15-4-2-1-3-12(13)15)8-11-6-5-10(16(20)21)7-14(11)18/h1-7,9H,8H2,(H,20,21). The highest BCUT2D eigenvalue weighted by atomic mass is 79.9. The van der Waals surface area contributed by atoms with Crippen molar-refractivity contribution in [2.75, 3.05) is 0 Å². The second-order valence-corrected chi connectivity index (χ2v) is 5.99. The number of halogens is 2. The number of hydrogen-bond donors (Lipinski definition) is 1. The number of carbonyl (C=O) groups is 1. The molecule has 1 N–H and O–H groups in total. The van der Waals surface area contributed by atoms with Crippen LogP contribution in [0.15, 0.2) is 53.1 Å². The lowest BCUT2D eigenvalue weighted by Crippen LogP contribution is -2.01. The van der Waals surface area contributed by atoms with Crippen LogP contribution in [0.1, 0.15) is 15.9 Å². The van der Waals surface area contributed by atoms with Gasteiger partial charge in [0.05, 0.1) is 5.56 Å². The molecule has 0 amide bonds. The van der Waals surface area contributed by atoms with Gasteiger partial charge in [-0.05, 0) is 39.7 Å². The maximum atomic E-state index is 10.9. The number of aromatic nitrogens is 1. The summed E-state index contributed by atoms with van der Waals surface area (Å²) in [6, 6.07) is 12.9. The molecule has 0 aliphatic heterocycles. The molecule has 1 aromatic heterocycles. The van der Waals surface area contributed by atoms with Crippen LogP contribution < -0.4 is 0 Å². The summed E-state index contributed by atoms with van der Waals surface area (Å²) in [4.78, 5) is 10.9. The second-order valence-electron chi connectivity index (χ2n) is 4.73. The van der Waals surface area contributed by atoms with Gasteiger partial charge in [0.15, 0.2) is 0 Å². The summed E-state index contributed by atoms with van der Waals surface area (Å²) in [6.45, 7) is 0.588. The van der Waals surface area contributed by atoms with Gasteiger partial charge in [-0.25, -0.2) is 4.79 Å². The van der Waals surface area contributed by atoms with E-state index in [9.17, 15) is 4.79 Å². The fraction of sp³-hybridized carbons (Fsp3) is 0.0625. The normalized spacial score (nSPS) is 11.0. The monoisotopic (exact) mass is 363 g/mol. The van der Waals surface area contributed by atoms with E-state index in [-0.39, 0.29) is 5.56 Å². The molecule has 0 bridgehead atoms. The average molecular weight is 365 g/mol. The number of aromatic carboxylic acids is 1. The molecule has 21 heavy (non-hydrogen) atoms. The molecule has 0 unspecified atom stereocenters. The van der Waals surface area contributed by atoms with Crippen molar-refractivity contribution < 1.29 is 9.90 Å². The van der Waals surface area contributed by atoms with Crippen LogP contribution in [0.4, 0.5) is 0 Å². The summed E-state index contributed by atoms with van der Waals surface area (Å²) in [6.07, 6.45) is 2.01. The molecule has 0 fully saturated rings. The van der Waals surface area contributed by atoms with Crippen LogP contribution in [0.5, 0.6) is 0 Å². The van der Waals surface area contributed by atoms with Gasteiger partial charge in [0.2, 0.25) is 0 Å². The lowest BCUT2D eigenvalue weighted by molar-refractivity contribution is 0.0697. The summed E-state index contributed by atoms with van der Waals surface area (Å²) in [5, 5.41) is 10.6. The lowest BCUT2D eigenvalue weighted by Gasteiger charge is -2.08. The van der Waals surface area contributed by atoms with E-state index in [1.807, 2.05) is 30.5 Å². The summed E-state index contributed by atoms with van der Waals surface area (Å²) in [5.74, 6) is -0.974. The molecule has 0 radical (unpaired) electrons. The fourth-order valence-corrected chi connectivity index (χ4v) is 3.15. The Hall–Kier alpha value is -1.78. The zero-order valence-corrected chi connectivity index (χ0v) is 13.2. The Balaban J connectivity index is 2.01. The SMILES string of the molecule is O=C(O)c1ccc(Cn2cc(Br)c3ccccc32)c(Cl)c1. The van der Waals surface area contributed by atoms with Crippen LogP contribution in [0.25, 0.3) is 10.9 Å². The molecule has 1 heterocycles. The Kier molecular flexibility index (Phi) is 3.74. The number of para-hydroxylation sites is 1. The van der Waals surface area contributed by atoms with E-state index in [4.69, 9.17) is 16.7 Å². The highest BCUT2D eigenvalue weighted by Gasteiger charge is 2.10. The van der Waals surface area contributed by atoms with E-state index < -0.39 is 5.97 Å². The molecule has 3 nitrogen and oxygen atoms in total. The molecule has 3 rings (SSSR count). The van der Waals surface area contributed by atoms with Crippen LogP contribution in [-0.4, -0.2) is 15.6 Å². The van der Waals surface area contributed by atoms with Gasteiger partial charge >= 0.3 is 5.97 Å². The highest BCUT2D eigenvalue weighted by Crippen LogP contribution is 2.28. The first-order valence-electron chi connectivity index (χ1n) is 6.31. The third kappa shape index (κ3) is 2.69. The van der Waals surface area contributed by atoms with Crippen molar-refractivity contribution in [3.05, 3.63) is 69.3 Å². The van der Waals surface area contributed by atoms with Crippen molar-refractivity contribution in [3.8, 4) is 0 Å². The van der Waals surface area contributed by atoms with Gasteiger partial charge < -0.3 is 9.67 Å². The zero-order chi connectivity index (χ0) is 15.0. The molecule has 0 aliphatic carbocycles. The number of fused-ring (bicyclic) bond motifs is 1. The van der Waals surface area contributed by atoms with Crippen LogP contribution in [0, 0.1) is 0 Å². The first kappa shape index (κ1) is 14.2. The largest absolute Gasteiger partial charge is 0.478 e. The number of carboxylic acids is 1. The van der Waals surface area contributed by atoms with Gasteiger partial charge in [0.1, 0.15) is 0 Å². The first-order valence-corrected chi connectivity index (χ1v) is 7.48. The predicted molar refractivity (Wildman–Crippen MR) is 87.2 cm³/mol. The van der Waals surface area contributed by atoms with Gasteiger partial charge in [0.25, 0.3) is 0 Å². The minimum atomic E-state index is -0.974. The molecule has 0 atom stereocenters. The zero-order valence-electron chi connectivity index (χ0n) is 10.9. The summed E-state index contributed by atoms with van der Waals surface area (Å²) >= 11 is 9.74. The van der Waals surface area contributed by atoms with E-state index in [2.05, 4.69) is 20.5 Å². The van der Waals surface area contributed by atoms with Gasteiger partial charge in [0, 0.05) is 33.1 Å². The number of benzene rings is 2. The van der Waals surface area contributed by atoms with Crippen molar-refractivity contribution in [3.63, 3.8) is 0 Å². The fourth-order valence-electron chi connectivity index (χ4n) is 2.32. The number of hydrogen-bond acceptors (Lipinski definition) is 1. The molecule has 106 valence electrons. The van der Waals surface area contributed by atoms with E-state index in [0.29, 0.717) is 11.6 Å². The van der Waals surface area contributed by atoms with Crippen LogP contribution in [-0.2, 0) is 6.54 Å². The molecular formula is C16H11BrClNO2. The Bertz CT molecular complexity index is 841. The predicted octanol–water partition coefficient (Wildman–Crippen LogP) is 4.80. The van der Waals surface area contributed by atoms with Crippen molar-refractivity contribution in [1.82, 2.24) is 4.57 Å². The average Bonchev–Trinajstić information content (AvgIpc) is 2.78. The smallest absolute Gasteiger partial charge is 0.335 e. The molecule has 2 aromatic carbocycles. The molecular weight excluding hydrogens is 354 g/mol. The number of rotatable bonds is 3. The number of carboxylic acid groups (broad SMARTS) is 1.